The first kappa shape index (κ1) is 16.3. The number of carbonyl (C=O) groups is 1. The maximum absolute atomic E-state index is 11.7. The summed E-state index contributed by atoms with van der Waals surface area (Å²) in [4.78, 5) is 11.7. The molecule has 0 unspecified atom stereocenters. The Balaban J connectivity index is 2.09. The molecule has 0 radical (unpaired) electrons. The van der Waals surface area contributed by atoms with Crippen molar-refractivity contribution in [3.63, 3.8) is 0 Å². The molecule has 0 aliphatic carbocycles. The Hall–Kier alpha value is -2.59. The van der Waals surface area contributed by atoms with E-state index in [-0.39, 0.29) is 5.91 Å². The van der Waals surface area contributed by atoms with Crippen LogP contribution in [0.25, 0.3) is 22.0 Å². The van der Waals surface area contributed by atoms with Crippen molar-refractivity contribution in [3.05, 3.63) is 59.8 Å². The zero-order valence-corrected chi connectivity index (χ0v) is 14.1. The van der Waals surface area contributed by atoms with Crippen LogP contribution in [-0.2, 0) is 11.3 Å². The minimum atomic E-state index is -0.389. The number of ether oxygens (including phenoxy) is 1. The van der Waals surface area contributed by atoms with Crippen molar-refractivity contribution in [1.82, 2.24) is 4.57 Å². The van der Waals surface area contributed by atoms with Gasteiger partial charge in [-0.05, 0) is 41.8 Å². The topological polar surface area (TPSA) is 57.2 Å². The number of benzene rings is 2. The van der Waals surface area contributed by atoms with Crippen LogP contribution in [0.5, 0.6) is 0 Å². The standard InChI is InChI=1S/C20H22N2O2/c1-14-18(20(21)23)13-19(22(14)10-5-11-24-2)17-9-8-15-6-3-4-7-16(15)12-17/h3-4,6-9,12-13H,5,10-11H2,1-2H3,(H2,21,23). The van der Waals surface area contributed by atoms with E-state index in [1.165, 1.54) is 10.8 Å². The van der Waals surface area contributed by atoms with Gasteiger partial charge in [0.05, 0.1) is 5.56 Å². The molecule has 1 heterocycles. The van der Waals surface area contributed by atoms with Crippen molar-refractivity contribution in [1.29, 1.82) is 0 Å². The molecule has 1 amide bonds. The SMILES string of the molecule is COCCCn1c(-c2ccc3ccccc3c2)cc(C(N)=O)c1C. The average molecular weight is 322 g/mol. The van der Waals surface area contributed by atoms with Gasteiger partial charge in [0.2, 0.25) is 0 Å². The van der Waals surface area contributed by atoms with Crippen LogP contribution in [0.3, 0.4) is 0 Å². The third kappa shape index (κ3) is 3.05. The number of carbonyl (C=O) groups excluding carboxylic acids is 1. The number of aromatic nitrogens is 1. The number of hydrogen-bond acceptors (Lipinski definition) is 2. The summed E-state index contributed by atoms with van der Waals surface area (Å²) in [5, 5.41) is 2.38. The molecular formula is C20H22N2O2. The Morgan fingerprint density at radius 1 is 1.12 bits per heavy atom. The molecular weight excluding hydrogens is 300 g/mol. The second-order valence-corrected chi connectivity index (χ2v) is 5.95. The maximum atomic E-state index is 11.7. The van der Waals surface area contributed by atoms with Gasteiger partial charge in [-0.2, -0.15) is 0 Å². The van der Waals surface area contributed by atoms with Crippen molar-refractivity contribution in [3.8, 4) is 11.3 Å². The van der Waals surface area contributed by atoms with Gasteiger partial charge in [0.25, 0.3) is 5.91 Å². The van der Waals surface area contributed by atoms with Crippen molar-refractivity contribution in [2.45, 2.75) is 19.9 Å². The van der Waals surface area contributed by atoms with Gasteiger partial charge < -0.3 is 15.0 Å². The number of nitrogens with two attached hydrogens (primary N) is 1. The normalized spacial score (nSPS) is 11.1. The summed E-state index contributed by atoms with van der Waals surface area (Å²) in [6.45, 7) is 3.41. The lowest BCUT2D eigenvalue weighted by atomic mass is 10.0. The first-order valence-electron chi connectivity index (χ1n) is 8.10. The summed E-state index contributed by atoms with van der Waals surface area (Å²) in [6, 6.07) is 16.5. The second-order valence-electron chi connectivity index (χ2n) is 5.95. The van der Waals surface area contributed by atoms with Crippen LogP contribution in [-0.4, -0.2) is 24.2 Å². The predicted octanol–water partition coefficient (Wildman–Crippen LogP) is 3.75. The number of hydrogen-bond donors (Lipinski definition) is 1. The number of nitrogens with zero attached hydrogens (tertiary/aromatic N) is 1. The third-order valence-corrected chi connectivity index (χ3v) is 4.41. The van der Waals surface area contributed by atoms with Gasteiger partial charge in [-0.3, -0.25) is 4.79 Å². The molecule has 0 saturated carbocycles. The minimum Gasteiger partial charge on any atom is -0.385 e. The predicted molar refractivity (Wildman–Crippen MR) is 97.1 cm³/mol. The van der Waals surface area contributed by atoms with E-state index < -0.39 is 0 Å². The van der Waals surface area contributed by atoms with E-state index in [1.54, 1.807) is 7.11 Å². The van der Waals surface area contributed by atoms with Gasteiger partial charge in [-0.1, -0.05) is 36.4 Å². The number of amides is 1. The summed E-state index contributed by atoms with van der Waals surface area (Å²) >= 11 is 0. The summed E-state index contributed by atoms with van der Waals surface area (Å²) in [5.74, 6) is -0.389. The molecule has 0 aliphatic heterocycles. The highest BCUT2D eigenvalue weighted by molar-refractivity contribution is 5.96. The van der Waals surface area contributed by atoms with Crippen LogP contribution in [0.1, 0.15) is 22.5 Å². The van der Waals surface area contributed by atoms with Crippen LogP contribution in [0, 0.1) is 6.92 Å². The van der Waals surface area contributed by atoms with Crippen LogP contribution in [0.4, 0.5) is 0 Å². The zero-order chi connectivity index (χ0) is 17.1. The molecule has 0 aliphatic rings. The highest BCUT2D eigenvalue weighted by Gasteiger charge is 2.16. The van der Waals surface area contributed by atoms with Crippen molar-refractivity contribution < 1.29 is 9.53 Å². The first-order valence-corrected chi connectivity index (χ1v) is 8.10. The van der Waals surface area contributed by atoms with E-state index in [0.29, 0.717) is 12.2 Å². The molecule has 0 bridgehead atoms. The number of methoxy groups -OCH3 is 1. The second kappa shape index (κ2) is 6.89. The molecule has 0 fully saturated rings. The molecule has 3 rings (SSSR count). The fraction of sp³-hybridized carbons (Fsp3) is 0.250. The lowest BCUT2D eigenvalue weighted by Gasteiger charge is -2.12. The maximum Gasteiger partial charge on any atom is 0.250 e. The Kier molecular flexibility index (Phi) is 4.67. The smallest absolute Gasteiger partial charge is 0.250 e. The number of fused-ring (bicyclic) bond motifs is 1. The Labute approximate surface area is 141 Å². The Bertz CT molecular complexity index is 880. The monoisotopic (exact) mass is 322 g/mol. The molecule has 1 aromatic heterocycles. The van der Waals surface area contributed by atoms with E-state index in [9.17, 15) is 4.79 Å². The fourth-order valence-electron chi connectivity index (χ4n) is 3.14. The van der Waals surface area contributed by atoms with Crippen LogP contribution in [0.15, 0.2) is 48.5 Å². The summed E-state index contributed by atoms with van der Waals surface area (Å²) < 4.78 is 7.31. The largest absolute Gasteiger partial charge is 0.385 e. The molecule has 124 valence electrons. The molecule has 2 N–H and O–H groups in total. The molecule has 4 nitrogen and oxygen atoms in total. The van der Waals surface area contributed by atoms with E-state index in [0.717, 1.165) is 29.9 Å². The van der Waals surface area contributed by atoms with Gasteiger partial charge in [-0.25, -0.2) is 0 Å². The van der Waals surface area contributed by atoms with E-state index in [1.807, 2.05) is 25.1 Å². The van der Waals surface area contributed by atoms with Gasteiger partial charge in [0.15, 0.2) is 0 Å². The Morgan fingerprint density at radius 2 is 1.88 bits per heavy atom. The van der Waals surface area contributed by atoms with Crippen molar-refractivity contribution in [2.75, 3.05) is 13.7 Å². The highest BCUT2D eigenvalue weighted by Crippen LogP contribution is 2.29. The minimum absolute atomic E-state index is 0.389. The van der Waals surface area contributed by atoms with Crippen LogP contribution in [0.2, 0.25) is 0 Å². The van der Waals surface area contributed by atoms with Gasteiger partial charge >= 0.3 is 0 Å². The molecule has 2 aromatic carbocycles. The average Bonchev–Trinajstić information content (AvgIpc) is 2.92. The summed E-state index contributed by atoms with van der Waals surface area (Å²) in [5.41, 5.74) is 9.13. The van der Waals surface area contributed by atoms with Crippen LogP contribution < -0.4 is 5.73 Å². The van der Waals surface area contributed by atoms with Gasteiger partial charge in [0.1, 0.15) is 0 Å². The molecule has 0 saturated heterocycles. The molecule has 4 heteroatoms. The molecule has 0 spiro atoms. The molecule has 3 aromatic rings. The lowest BCUT2D eigenvalue weighted by molar-refractivity contribution is 0.0999. The first-order chi connectivity index (χ1) is 11.6. The summed E-state index contributed by atoms with van der Waals surface area (Å²) in [6.07, 6.45) is 0.880. The number of rotatable bonds is 6. The van der Waals surface area contributed by atoms with Crippen molar-refractivity contribution in [2.24, 2.45) is 5.73 Å². The Morgan fingerprint density at radius 3 is 2.58 bits per heavy atom. The quantitative estimate of drug-likeness (QED) is 0.703. The highest BCUT2D eigenvalue weighted by atomic mass is 16.5. The zero-order valence-electron chi connectivity index (χ0n) is 14.1. The van der Waals surface area contributed by atoms with E-state index in [2.05, 4.69) is 34.9 Å². The van der Waals surface area contributed by atoms with Gasteiger partial charge in [0, 0.05) is 31.6 Å². The molecule has 0 atom stereocenters. The lowest BCUT2D eigenvalue weighted by Crippen LogP contribution is -2.13. The molecule has 24 heavy (non-hydrogen) atoms. The third-order valence-electron chi connectivity index (χ3n) is 4.41. The van der Waals surface area contributed by atoms with E-state index in [4.69, 9.17) is 10.5 Å². The van der Waals surface area contributed by atoms with Gasteiger partial charge in [-0.15, -0.1) is 0 Å². The summed E-state index contributed by atoms with van der Waals surface area (Å²) in [7, 11) is 1.70. The fourth-order valence-corrected chi connectivity index (χ4v) is 3.14. The van der Waals surface area contributed by atoms with Crippen molar-refractivity contribution >= 4 is 16.7 Å². The number of primary amides is 1. The van der Waals surface area contributed by atoms with E-state index >= 15 is 0 Å². The van der Waals surface area contributed by atoms with Crippen LogP contribution >= 0.6 is 0 Å².